The van der Waals surface area contributed by atoms with Crippen LogP contribution in [0.3, 0.4) is 0 Å². The fourth-order valence-electron chi connectivity index (χ4n) is 3.32. The van der Waals surface area contributed by atoms with Crippen molar-refractivity contribution in [3.05, 3.63) is 41.5 Å². The lowest BCUT2D eigenvalue weighted by molar-refractivity contribution is 0.233. The van der Waals surface area contributed by atoms with E-state index in [4.69, 9.17) is 14.9 Å². The van der Waals surface area contributed by atoms with Gasteiger partial charge in [-0.2, -0.15) is 0 Å². The summed E-state index contributed by atoms with van der Waals surface area (Å²) >= 11 is 0. The second kappa shape index (κ2) is 9.45. The molecular formula is C23H31N3O4. The number of phenolic OH excluding ortho intramolecular Hbond substituents is 1. The third-order valence-electron chi connectivity index (χ3n) is 4.98. The Labute approximate surface area is 176 Å². The van der Waals surface area contributed by atoms with Crippen molar-refractivity contribution >= 4 is 11.0 Å². The SMILES string of the molecule is CC(C)(C)c1cc(OCCCO)cc(-n2nc3ccc(CCCCO)cc3n2)c1O. The van der Waals surface area contributed by atoms with Crippen LogP contribution in [0.25, 0.3) is 16.7 Å². The molecule has 3 aromatic rings. The average Bonchev–Trinajstić information content (AvgIpc) is 3.11. The highest BCUT2D eigenvalue weighted by atomic mass is 16.5. The number of aromatic nitrogens is 3. The lowest BCUT2D eigenvalue weighted by Gasteiger charge is -2.23. The van der Waals surface area contributed by atoms with Gasteiger partial charge >= 0.3 is 0 Å². The highest BCUT2D eigenvalue weighted by Gasteiger charge is 2.23. The highest BCUT2D eigenvalue weighted by Crippen LogP contribution is 2.38. The van der Waals surface area contributed by atoms with Gasteiger partial charge in [-0.1, -0.05) is 26.8 Å². The molecule has 3 rings (SSSR count). The number of ether oxygens (including phenoxy) is 1. The molecule has 1 aromatic heterocycles. The molecule has 0 atom stereocenters. The van der Waals surface area contributed by atoms with Gasteiger partial charge in [0.25, 0.3) is 0 Å². The summed E-state index contributed by atoms with van der Waals surface area (Å²) in [7, 11) is 0. The molecule has 0 aliphatic heterocycles. The first-order valence-corrected chi connectivity index (χ1v) is 10.4. The Morgan fingerprint density at radius 3 is 2.37 bits per heavy atom. The molecule has 0 bridgehead atoms. The number of aliphatic hydroxyl groups excluding tert-OH is 2. The predicted octanol–water partition coefficient (Wildman–Crippen LogP) is 3.50. The molecule has 0 saturated heterocycles. The quantitative estimate of drug-likeness (QED) is 0.464. The molecule has 7 nitrogen and oxygen atoms in total. The fourth-order valence-corrected chi connectivity index (χ4v) is 3.32. The van der Waals surface area contributed by atoms with Crippen molar-refractivity contribution in [3.63, 3.8) is 0 Å². The minimum Gasteiger partial charge on any atom is -0.505 e. The molecule has 7 heteroatoms. The monoisotopic (exact) mass is 413 g/mol. The normalized spacial score (nSPS) is 11.9. The summed E-state index contributed by atoms with van der Waals surface area (Å²) < 4.78 is 5.79. The average molecular weight is 414 g/mol. The van der Waals surface area contributed by atoms with Gasteiger partial charge in [0.05, 0.1) is 6.61 Å². The van der Waals surface area contributed by atoms with Gasteiger partial charge < -0.3 is 20.1 Å². The van der Waals surface area contributed by atoms with Crippen LogP contribution in [0.4, 0.5) is 0 Å². The van der Waals surface area contributed by atoms with Gasteiger partial charge in [0.1, 0.15) is 28.2 Å². The molecule has 0 radical (unpaired) electrons. The third-order valence-corrected chi connectivity index (χ3v) is 4.98. The lowest BCUT2D eigenvalue weighted by atomic mass is 9.86. The van der Waals surface area contributed by atoms with Gasteiger partial charge in [-0.25, -0.2) is 0 Å². The van der Waals surface area contributed by atoms with Gasteiger partial charge in [-0.05, 0) is 48.4 Å². The van der Waals surface area contributed by atoms with Crippen LogP contribution in [0.1, 0.15) is 51.2 Å². The van der Waals surface area contributed by atoms with Crippen LogP contribution in [-0.2, 0) is 11.8 Å². The fraction of sp³-hybridized carbons (Fsp3) is 0.478. The molecule has 0 aliphatic rings. The van der Waals surface area contributed by atoms with Crippen LogP contribution in [0, 0.1) is 0 Å². The summed E-state index contributed by atoms with van der Waals surface area (Å²) in [6, 6.07) is 9.51. The number of nitrogens with zero attached hydrogens (tertiary/aromatic N) is 3. The molecule has 3 N–H and O–H groups in total. The van der Waals surface area contributed by atoms with Crippen LogP contribution in [0.15, 0.2) is 30.3 Å². The summed E-state index contributed by atoms with van der Waals surface area (Å²) in [5.74, 6) is 0.729. The van der Waals surface area contributed by atoms with Crippen molar-refractivity contribution in [2.24, 2.45) is 0 Å². The third kappa shape index (κ3) is 5.09. The van der Waals surface area contributed by atoms with Gasteiger partial charge in [-0.15, -0.1) is 15.0 Å². The Hall–Kier alpha value is -2.64. The standard InChI is InChI=1S/C23H31N3O4/c1-23(2,3)18-14-17(30-12-6-11-28)15-21(22(18)29)26-24-19-9-8-16(7-4-5-10-27)13-20(19)25-26/h8-9,13-15,27-29H,4-7,10-12H2,1-3H3. The van der Waals surface area contributed by atoms with Crippen LogP contribution in [-0.4, -0.2) is 50.1 Å². The number of hydrogen-bond donors (Lipinski definition) is 3. The van der Waals surface area contributed by atoms with Crippen LogP contribution in [0.5, 0.6) is 11.5 Å². The smallest absolute Gasteiger partial charge is 0.147 e. The van der Waals surface area contributed by atoms with E-state index in [0.29, 0.717) is 24.5 Å². The van der Waals surface area contributed by atoms with E-state index in [0.717, 1.165) is 41.4 Å². The summed E-state index contributed by atoms with van der Waals surface area (Å²) in [6.45, 7) is 6.71. The number of benzene rings is 2. The number of unbranched alkanes of at least 4 members (excludes halogenated alkanes) is 1. The van der Waals surface area contributed by atoms with Crippen molar-refractivity contribution in [2.75, 3.05) is 19.8 Å². The number of aliphatic hydroxyl groups is 2. The Balaban J connectivity index is 2.00. The van der Waals surface area contributed by atoms with Crippen LogP contribution in [0.2, 0.25) is 0 Å². The number of fused-ring (bicyclic) bond motifs is 1. The van der Waals surface area contributed by atoms with Crippen molar-refractivity contribution < 1.29 is 20.1 Å². The molecule has 0 spiro atoms. The number of aryl methyl sites for hydroxylation is 1. The zero-order valence-corrected chi connectivity index (χ0v) is 17.9. The zero-order chi connectivity index (χ0) is 21.7. The maximum atomic E-state index is 11.0. The lowest BCUT2D eigenvalue weighted by Crippen LogP contribution is -2.14. The molecule has 0 aliphatic carbocycles. The largest absolute Gasteiger partial charge is 0.505 e. The molecule has 162 valence electrons. The molecule has 0 unspecified atom stereocenters. The molecule has 0 amide bonds. The van der Waals surface area contributed by atoms with Gasteiger partial charge in [0.15, 0.2) is 0 Å². The molecule has 0 saturated carbocycles. The van der Waals surface area contributed by atoms with Crippen molar-refractivity contribution in [1.29, 1.82) is 0 Å². The molecule has 1 heterocycles. The van der Waals surface area contributed by atoms with Crippen molar-refractivity contribution in [1.82, 2.24) is 15.0 Å². The van der Waals surface area contributed by atoms with Gasteiger partial charge in [0.2, 0.25) is 0 Å². The van der Waals surface area contributed by atoms with Gasteiger partial charge in [0, 0.05) is 31.3 Å². The Morgan fingerprint density at radius 1 is 0.933 bits per heavy atom. The zero-order valence-electron chi connectivity index (χ0n) is 17.9. The first-order valence-electron chi connectivity index (χ1n) is 10.4. The molecule has 0 fully saturated rings. The van der Waals surface area contributed by atoms with Crippen molar-refractivity contribution in [3.8, 4) is 17.2 Å². The van der Waals surface area contributed by atoms with E-state index < -0.39 is 0 Å². The summed E-state index contributed by atoms with van der Waals surface area (Å²) in [4.78, 5) is 1.45. The Kier molecular flexibility index (Phi) is 6.95. The molecular weight excluding hydrogens is 382 g/mol. The summed E-state index contributed by atoms with van der Waals surface area (Å²) in [5.41, 5.74) is 3.53. The van der Waals surface area contributed by atoms with E-state index in [9.17, 15) is 5.11 Å². The van der Waals surface area contributed by atoms with E-state index in [2.05, 4.69) is 10.2 Å². The van der Waals surface area contributed by atoms with E-state index >= 15 is 0 Å². The molecule has 30 heavy (non-hydrogen) atoms. The minimum absolute atomic E-state index is 0.0593. The van der Waals surface area contributed by atoms with Crippen LogP contribution < -0.4 is 4.74 Å². The Bertz CT molecular complexity index is 992. The highest BCUT2D eigenvalue weighted by molar-refractivity contribution is 5.75. The number of phenols is 1. The molecule has 2 aromatic carbocycles. The summed E-state index contributed by atoms with van der Waals surface area (Å²) in [5, 5.41) is 38.1. The number of hydrogen-bond acceptors (Lipinski definition) is 6. The Morgan fingerprint density at radius 2 is 1.67 bits per heavy atom. The maximum absolute atomic E-state index is 11.0. The second-order valence-corrected chi connectivity index (χ2v) is 8.51. The first-order chi connectivity index (χ1) is 14.3. The minimum atomic E-state index is -0.304. The second-order valence-electron chi connectivity index (χ2n) is 8.51. The van der Waals surface area contributed by atoms with E-state index in [1.54, 1.807) is 6.07 Å². The van der Waals surface area contributed by atoms with Gasteiger partial charge in [-0.3, -0.25) is 0 Å². The summed E-state index contributed by atoms with van der Waals surface area (Å²) in [6.07, 6.45) is 3.09. The number of aromatic hydroxyl groups is 1. The van der Waals surface area contributed by atoms with E-state index in [-0.39, 0.29) is 24.4 Å². The predicted molar refractivity (Wildman–Crippen MR) is 116 cm³/mol. The van der Waals surface area contributed by atoms with Crippen LogP contribution >= 0.6 is 0 Å². The topological polar surface area (TPSA) is 101 Å². The number of rotatable bonds is 9. The first kappa shape index (κ1) is 22.1. The maximum Gasteiger partial charge on any atom is 0.147 e. The van der Waals surface area contributed by atoms with E-state index in [1.165, 1.54) is 4.80 Å². The van der Waals surface area contributed by atoms with Crippen molar-refractivity contribution in [2.45, 2.75) is 51.9 Å². The van der Waals surface area contributed by atoms with E-state index in [1.807, 2.05) is 45.0 Å².